The highest BCUT2D eigenvalue weighted by Gasteiger charge is 2.58. The number of hydrogen-bond donors (Lipinski definition) is 0. The fraction of sp³-hybridized carbons (Fsp3) is 0.630. The van der Waals surface area contributed by atoms with Gasteiger partial charge in [-0.25, -0.2) is 4.39 Å². The van der Waals surface area contributed by atoms with Crippen molar-refractivity contribution in [3.63, 3.8) is 0 Å². The molecule has 1 saturated carbocycles. The minimum atomic E-state index is -4.60. The molecule has 3 unspecified atom stereocenters. The van der Waals surface area contributed by atoms with E-state index < -0.39 is 17.8 Å². The van der Waals surface area contributed by atoms with Crippen LogP contribution >= 0.6 is 0 Å². The van der Waals surface area contributed by atoms with Crippen LogP contribution in [0.2, 0.25) is 0 Å². The molecule has 0 amide bonds. The van der Waals surface area contributed by atoms with E-state index in [4.69, 9.17) is 0 Å². The molecule has 1 aromatic rings. The van der Waals surface area contributed by atoms with E-state index in [1.54, 1.807) is 12.1 Å². The molecule has 0 spiro atoms. The Bertz CT molecular complexity index is 740. The second-order valence-corrected chi connectivity index (χ2v) is 9.78. The van der Waals surface area contributed by atoms with Gasteiger partial charge in [-0.15, -0.1) is 0 Å². The minimum Gasteiger partial charge on any atom is -0.242 e. The molecule has 0 nitrogen and oxygen atoms in total. The summed E-state index contributed by atoms with van der Waals surface area (Å²) in [6.45, 7) is 4.50. The molecule has 0 bridgehead atoms. The first-order valence-electron chi connectivity index (χ1n) is 11.9. The fourth-order valence-electron chi connectivity index (χ4n) is 5.11. The van der Waals surface area contributed by atoms with E-state index in [0.717, 1.165) is 49.3 Å². The van der Waals surface area contributed by atoms with Crippen molar-refractivity contribution < 1.29 is 17.6 Å². The van der Waals surface area contributed by atoms with Crippen LogP contribution in [0, 0.1) is 23.2 Å². The monoisotopic (exact) mass is 436 g/mol. The predicted molar refractivity (Wildman–Crippen MR) is 120 cm³/mol. The van der Waals surface area contributed by atoms with E-state index in [-0.39, 0.29) is 12.3 Å². The first-order valence-corrected chi connectivity index (χ1v) is 11.9. The van der Waals surface area contributed by atoms with Crippen LogP contribution in [0.1, 0.15) is 77.2 Å². The summed E-state index contributed by atoms with van der Waals surface area (Å²) < 4.78 is 57.4. The van der Waals surface area contributed by atoms with Crippen molar-refractivity contribution in [3.05, 3.63) is 54.1 Å². The summed E-state index contributed by atoms with van der Waals surface area (Å²) in [5, 5.41) is 0. The van der Waals surface area contributed by atoms with Gasteiger partial charge in [0.2, 0.25) is 0 Å². The number of benzene rings is 1. The molecule has 2 aliphatic rings. The van der Waals surface area contributed by atoms with Crippen LogP contribution in [0.4, 0.5) is 17.6 Å². The van der Waals surface area contributed by atoms with Crippen molar-refractivity contribution in [1.29, 1.82) is 0 Å². The highest BCUT2D eigenvalue weighted by atomic mass is 19.4. The molecule has 1 aromatic carbocycles. The summed E-state index contributed by atoms with van der Waals surface area (Å²) in [6, 6.07) is 9.04. The second kappa shape index (κ2) is 10.4. The Kier molecular flexibility index (Phi) is 8.04. The van der Waals surface area contributed by atoms with E-state index in [2.05, 4.69) is 13.8 Å². The third-order valence-electron chi connectivity index (χ3n) is 7.71. The van der Waals surface area contributed by atoms with E-state index in [0.29, 0.717) is 17.9 Å². The summed E-state index contributed by atoms with van der Waals surface area (Å²) in [5.41, 5.74) is -1.14. The van der Waals surface area contributed by atoms with Gasteiger partial charge in [-0.1, -0.05) is 101 Å². The summed E-state index contributed by atoms with van der Waals surface area (Å²) in [5.74, 6) is 1.73. The number of alkyl halides is 4. The molecule has 3 atom stereocenters. The molecule has 3 rings (SSSR count). The van der Waals surface area contributed by atoms with Gasteiger partial charge in [0.05, 0.1) is 0 Å². The van der Waals surface area contributed by atoms with Crippen LogP contribution in [0.5, 0.6) is 0 Å². The predicted octanol–water partition coefficient (Wildman–Crippen LogP) is 8.94. The van der Waals surface area contributed by atoms with E-state index >= 15 is 4.39 Å². The van der Waals surface area contributed by atoms with Crippen molar-refractivity contribution >= 4 is 5.57 Å². The Balaban J connectivity index is 1.60. The summed E-state index contributed by atoms with van der Waals surface area (Å²) in [6.07, 6.45) is 5.17. The smallest absolute Gasteiger partial charge is 0.242 e. The van der Waals surface area contributed by atoms with Crippen molar-refractivity contribution in [2.75, 3.05) is 0 Å². The van der Waals surface area contributed by atoms with Crippen LogP contribution in [-0.2, 0) is 0 Å². The normalized spacial score (nSPS) is 30.1. The van der Waals surface area contributed by atoms with Gasteiger partial charge in [0.15, 0.2) is 0 Å². The van der Waals surface area contributed by atoms with Gasteiger partial charge in [0.1, 0.15) is 11.6 Å². The maximum absolute atomic E-state index is 15.1. The molecule has 0 aromatic heterocycles. The average molecular weight is 437 g/mol. The molecule has 31 heavy (non-hydrogen) atoms. The maximum atomic E-state index is 15.1. The van der Waals surface area contributed by atoms with Crippen LogP contribution in [0.15, 0.2) is 48.6 Å². The highest BCUT2D eigenvalue weighted by Crippen LogP contribution is 2.52. The summed E-state index contributed by atoms with van der Waals surface area (Å²) in [7, 11) is 0. The van der Waals surface area contributed by atoms with E-state index in [1.165, 1.54) is 25.3 Å². The Hall–Kier alpha value is -1.58. The SMILES string of the molecule is CCC(C)CCC1CCC(CCC2(C(F)(F)F)C=CC(c3ccccc3)=CC2F)CC1. The van der Waals surface area contributed by atoms with Gasteiger partial charge in [-0.3, -0.25) is 0 Å². The van der Waals surface area contributed by atoms with Gasteiger partial charge in [0, 0.05) is 0 Å². The molecule has 2 aliphatic carbocycles. The summed E-state index contributed by atoms with van der Waals surface area (Å²) >= 11 is 0. The molecule has 1 fully saturated rings. The molecular formula is C27H36F4. The van der Waals surface area contributed by atoms with Gasteiger partial charge >= 0.3 is 6.18 Å². The van der Waals surface area contributed by atoms with Gasteiger partial charge in [-0.05, 0) is 47.8 Å². The van der Waals surface area contributed by atoms with Crippen LogP contribution in [0.3, 0.4) is 0 Å². The standard InChI is InChI=1S/C27H36F4/c1-3-20(2)9-10-21-11-13-22(14-12-21)15-17-26(27(29,30)31)18-16-24(19-25(26)28)23-7-5-4-6-8-23/h4-8,16,18-22,25H,3,9-15,17H2,1-2H3. The molecule has 0 saturated heterocycles. The molecule has 172 valence electrons. The first-order chi connectivity index (χ1) is 14.7. The Morgan fingerprint density at radius 2 is 1.61 bits per heavy atom. The molecular weight excluding hydrogens is 400 g/mol. The third-order valence-corrected chi connectivity index (χ3v) is 7.71. The van der Waals surface area contributed by atoms with Gasteiger partial charge in [-0.2, -0.15) is 13.2 Å². The van der Waals surface area contributed by atoms with Crippen LogP contribution in [0.25, 0.3) is 5.57 Å². The lowest BCUT2D eigenvalue weighted by Crippen LogP contribution is -2.45. The Morgan fingerprint density at radius 3 is 2.16 bits per heavy atom. The molecule has 0 radical (unpaired) electrons. The lowest BCUT2D eigenvalue weighted by molar-refractivity contribution is -0.223. The highest BCUT2D eigenvalue weighted by molar-refractivity contribution is 5.76. The topological polar surface area (TPSA) is 0 Å². The average Bonchev–Trinajstić information content (AvgIpc) is 2.77. The van der Waals surface area contributed by atoms with E-state index in [9.17, 15) is 13.2 Å². The van der Waals surface area contributed by atoms with Crippen molar-refractivity contribution in [3.8, 4) is 0 Å². The van der Waals surface area contributed by atoms with Crippen LogP contribution in [-0.4, -0.2) is 12.3 Å². The van der Waals surface area contributed by atoms with E-state index in [1.807, 2.05) is 18.2 Å². The zero-order chi connectivity index (χ0) is 22.5. The molecule has 0 N–H and O–H groups in total. The van der Waals surface area contributed by atoms with Crippen LogP contribution < -0.4 is 0 Å². The quantitative estimate of drug-likeness (QED) is 0.357. The maximum Gasteiger partial charge on any atom is 0.400 e. The zero-order valence-electron chi connectivity index (χ0n) is 18.8. The molecule has 0 aliphatic heterocycles. The lowest BCUT2D eigenvalue weighted by atomic mass is 9.70. The van der Waals surface area contributed by atoms with Gasteiger partial charge < -0.3 is 0 Å². The third kappa shape index (κ3) is 5.81. The lowest BCUT2D eigenvalue weighted by Gasteiger charge is -2.39. The van der Waals surface area contributed by atoms with Gasteiger partial charge in [0.25, 0.3) is 0 Å². The minimum absolute atomic E-state index is 0.172. The first kappa shape index (κ1) is 24.1. The second-order valence-electron chi connectivity index (χ2n) is 9.78. The Labute approximate surface area is 184 Å². The summed E-state index contributed by atoms with van der Waals surface area (Å²) in [4.78, 5) is 0. The number of allylic oxidation sites excluding steroid dienone is 4. The Morgan fingerprint density at radius 1 is 1.00 bits per heavy atom. The van der Waals surface area contributed by atoms with Crippen molar-refractivity contribution in [1.82, 2.24) is 0 Å². The number of hydrogen-bond acceptors (Lipinski definition) is 0. The zero-order valence-corrected chi connectivity index (χ0v) is 18.8. The number of halogens is 4. The largest absolute Gasteiger partial charge is 0.400 e. The van der Waals surface area contributed by atoms with Crippen molar-refractivity contribution in [2.45, 2.75) is 84.0 Å². The van der Waals surface area contributed by atoms with Crippen molar-refractivity contribution in [2.24, 2.45) is 23.2 Å². The molecule has 0 heterocycles. The fourth-order valence-corrected chi connectivity index (χ4v) is 5.11. The number of rotatable bonds is 8. The molecule has 4 heteroatoms.